The first kappa shape index (κ1) is 26.0. The van der Waals surface area contributed by atoms with E-state index in [0.717, 1.165) is 56.1 Å². The standard InChI is InChI=1S/C28H35N3O5/c1-19(2)18-36-23-8-7-21(16-20(23)3)26(32)24-25(22-6-4-9-29-17-22)31(28(34)27(24)33)11-5-10-30-12-14-35-15-13-30/h4,6-9,16-17,19,24-25H,5,10-15,18H2,1-3H3/p+2. The van der Waals surface area contributed by atoms with Gasteiger partial charge in [-0.3, -0.25) is 14.4 Å². The number of benzene rings is 1. The number of aromatic amines is 1. The quantitative estimate of drug-likeness (QED) is 0.303. The summed E-state index contributed by atoms with van der Waals surface area (Å²) in [6.07, 6.45) is 4.29. The zero-order valence-corrected chi connectivity index (χ0v) is 21.4. The molecule has 0 spiro atoms. The number of morpholine rings is 1. The highest BCUT2D eigenvalue weighted by atomic mass is 16.5. The molecule has 36 heavy (non-hydrogen) atoms. The first-order chi connectivity index (χ1) is 17.4. The maximum atomic E-state index is 13.7. The van der Waals surface area contributed by atoms with Crippen LogP contribution in [0.15, 0.2) is 42.7 Å². The lowest BCUT2D eigenvalue weighted by molar-refractivity contribution is -0.908. The van der Waals surface area contributed by atoms with Gasteiger partial charge in [0.15, 0.2) is 18.2 Å². The van der Waals surface area contributed by atoms with Crippen molar-refractivity contribution in [2.24, 2.45) is 11.8 Å². The molecule has 0 saturated carbocycles. The summed E-state index contributed by atoms with van der Waals surface area (Å²) < 4.78 is 11.3. The molecule has 1 amide bonds. The number of pyridine rings is 1. The molecule has 8 heteroatoms. The Morgan fingerprint density at radius 2 is 2.00 bits per heavy atom. The number of carbonyl (C=O) groups is 3. The van der Waals surface area contributed by atoms with Crippen molar-refractivity contribution in [2.45, 2.75) is 33.2 Å². The molecule has 4 rings (SSSR count). The predicted molar refractivity (Wildman–Crippen MR) is 133 cm³/mol. The van der Waals surface area contributed by atoms with E-state index in [0.29, 0.717) is 24.6 Å². The molecule has 2 aromatic rings. The van der Waals surface area contributed by atoms with Gasteiger partial charge in [-0.05, 0) is 42.7 Å². The van der Waals surface area contributed by atoms with E-state index in [-0.39, 0.29) is 5.78 Å². The van der Waals surface area contributed by atoms with Crippen LogP contribution in [-0.4, -0.2) is 68.4 Å². The van der Waals surface area contributed by atoms with Gasteiger partial charge >= 0.3 is 0 Å². The molecule has 2 saturated heterocycles. The molecule has 3 heterocycles. The number of quaternary nitrogens is 1. The minimum absolute atomic E-state index is 0.331. The molecule has 192 valence electrons. The van der Waals surface area contributed by atoms with Crippen LogP contribution in [0, 0.1) is 18.8 Å². The van der Waals surface area contributed by atoms with Gasteiger partial charge in [-0.2, -0.15) is 0 Å². The van der Waals surface area contributed by atoms with Crippen LogP contribution in [0.3, 0.4) is 0 Å². The third-order valence-electron chi connectivity index (χ3n) is 6.92. The molecule has 0 bridgehead atoms. The lowest BCUT2D eigenvalue weighted by Crippen LogP contribution is -3.14. The summed E-state index contributed by atoms with van der Waals surface area (Å²) in [6, 6.07) is 8.29. The lowest BCUT2D eigenvalue weighted by atomic mass is 9.86. The largest absolute Gasteiger partial charge is 0.493 e. The molecule has 1 aromatic carbocycles. The SMILES string of the molecule is Cc1cc(C(=O)C2C(=O)C(=O)N(CCC[NH+]3CCOCC3)C2c2ccc[nH+]c2)ccc1OCC(C)C. The number of nitrogens with one attached hydrogen (secondary N) is 2. The topological polar surface area (TPSA) is 91.5 Å². The second-order valence-electron chi connectivity index (χ2n) is 10.1. The van der Waals surface area contributed by atoms with Gasteiger partial charge in [0.05, 0.1) is 32.4 Å². The smallest absolute Gasteiger partial charge is 0.291 e. The summed E-state index contributed by atoms with van der Waals surface area (Å²) >= 11 is 0. The number of ketones is 2. The van der Waals surface area contributed by atoms with Gasteiger partial charge in [0.1, 0.15) is 24.8 Å². The predicted octanol–water partition coefficient (Wildman–Crippen LogP) is 1.10. The number of hydrogen-bond acceptors (Lipinski definition) is 5. The molecule has 2 aliphatic rings. The Bertz CT molecular complexity index is 1080. The van der Waals surface area contributed by atoms with Gasteiger partial charge in [-0.25, -0.2) is 4.98 Å². The number of Topliss-reactive ketones (excluding diaryl/α,β-unsaturated/α-hetero) is 2. The zero-order chi connectivity index (χ0) is 25.7. The van der Waals surface area contributed by atoms with E-state index in [2.05, 4.69) is 18.8 Å². The molecule has 0 aliphatic carbocycles. The number of ether oxygens (including phenoxy) is 2. The van der Waals surface area contributed by atoms with Gasteiger partial charge in [0.2, 0.25) is 5.78 Å². The summed E-state index contributed by atoms with van der Waals surface area (Å²) in [7, 11) is 0. The fourth-order valence-electron chi connectivity index (χ4n) is 5.00. The van der Waals surface area contributed by atoms with Crippen LogP contribution in [-0.2, 0) is 14.3 Å². The monoisotopic (exact) mass is 495 g/mol. The minimum atomic E-state index is -1.08. The fraction of sp³-hybridized carbons (Fsp3) is 0.500. The Morgan fingerprint density at radius 1 is 1.22 bits per heavy atom. The Morgan fingerprint density at radius 3 is 2.67 bits per heavy atom. The van der Waals surface area contributed by atoms with Crippen LogP contribution in [0.4, 0.5) is 0 Å². The van der Waals surface area contributed by atoms with Crippen molar-refractivity contribution >= 4 is 17.5 Å². The van der Waals surface area contributed by atoms with Crippen molar-refractivity contribution in [3.05, 3.63) is 59.4 Å². The highest BCUT2D eigenvalue weighted by molar-refractivity contribution is 6.44. The number of carbonyl (C=O) groups excluding carboxylic acids is 3. The summed E-state index contributed by atoms with van der Waals surface area (Å²) in [4.78, 5) is 46.2. The number of hydrogen-bond donors (Lipinski definition) is 1. The van der Waals surface area contributed by atoms with Crippen molar-refractivity contribution < 1.29 is 33.7 Å². The van der Waals surface area contributed by atoms with Crippen LogP contribution >= 0.6 is 0 Å². The van der Waals surface area contributed by atoms with Gasteiger partial charge in [0, 0.05) is 30.2 Å². The Kier molecular flexibility index (Phi) is 8.48. The fourth-order valence-corrected chi connectivity index (χ4v) is 5.00. The number of likely N-dealkylation sites (tertiary alicyclic amines) is 1. The van der Waals surface area contributed by atoms with Crippen LogP contribution in [0.2, 0.25) is 0 Å². The Balaban J connectivity index is 1.56. The molecule has 0 radical (unpaired) electrons. The van der Waals surface area contributed by atoms with Crippen molar-refractivity contribution in [3.63, 3.8) is 0 Å². The van der Waals surface area contributed by atoms with Crippen LogP contribution in [0.25, 0.3) is 0 Å². The summed E-state index contributed by atoms with van der Waals surface area (Å²) in [5, 5.41) is 0. The van der Waals surface area contributed by atoms with Gasteiger partial charge in [0.25, 0.3) is 5.91 Å². The maximum absolute atomic E-state index is 13.7. The Labute approximate surface area is 212 Å². The minimum Gasteiger partial charge on any atom is -0.493 e. The second-order valence-corrected chi connectivity index (χ2v) is 10.1. The van der Waals surface area contributed by atoms with E-state index < -0.39 is 23.7 Å². The highest BCUT2D eigenvalue weighted by Crippen LogP contribution is 2.38. The van der Waals surface area contributed by atoms with E-state index in [1.807, 2.05) is 19.1 Å². The van der Waals surface area contributed by atoms with E-state index in [1.54, 1.807) is 35.5 Å². The van der Waals surface area contributed by atoms with Gasteiger partial charge in [-0.15, -0.1) is 0 Å². The highest BCUT2D eigenvalue weighted by Gasteiger charge is 2.52. The van der Waals surface area contributed by atoms with Crippen LogP contribution in [0.1, 0.15) is 47.8 Å². The van der Waals surface area contributed by atoms with E-state index in [4.69, 9.17) is 9.47 Å². The van der Waals surface area contributed by atoms with Crippen LogP contribution in [0.5, 0.6) is 5.75 Å². The van der Waals surface area contributed by atoms with Gasteiger partial charge < -0.3 is 19.3 Å². The molecular formula is C28H37N3O5+2. The summed E-state index contributed by atoms with van der Waals surface area (Å²) in [5.74, 6) is -1.52. The lowest BCUT2D eigenvalue weighted by Gasteiger charge is -2.28. The number of aryl methyl sites for hydroxylation is 1. The Hall–Kier alpha value is -3.10. The molecular weight excluding hydrogens is 458 g/mol. The van der Waals surface area contributed by atoms with E-state index in [1.165, 1.54) is 4.90 Å². The van der Waals surface area contributed by atoms with Gasteiger partial charge in [-0.1, -0.05) is 13.8 Å². The summed E-state index contributed by atoms with van der Waals surface area (Å²) in [5.41, 5.74) is 2.00. The number of amides is 1. The first-order valence-electron chi connectivity index (χ1n) is 12.9. The molecule has 2 fully saturated rings. The number of nitrogens with zero attached hydrogens (tertiary/aromatic N) is 1. The van der Waals surface area contributed by atoms with Crippen LogP contribution < -0.4 is 14.6 Å². The zero-order valence-electron chi connectivity index (χ0n) is 21.4. The molecule has 1 aromatic heterocycles. The molecule has 8 nitrogen and oxygen atoms in total. The van der Waals surface area contributed by atoms with Crippen molar-refractivity contribution in [1.29, 1.82) is 0 Å². The maximum Gasteiger partial charge on any atom is 0.291 e. The number of rotatable bonds is 10. The molecule has 2 N–H and O–H groups in total. The average Bonchev–Trinajstić information content (AvgIpc) is 3.13. The van der Waals surface area contributed by atoms with Crippen molar-refractivity contribution in [1.82, 2.24) is 4.90 Å². The third-order valence-corrected chi connectivity index (χ3v) is 6.92. The van der Waals surface area contributed by atoms with E-state index >= 15 is 0 Å². The number of aromatic nitrogens is 1. The average molecular weight is 496 g/mol. The van der Waals surface area contributed by atoms with Crippen molar-refractivity contribution in [2.75, 3.05) is 46.0 Å². The normalized spacial score (nSPS) is 20.8. The van der Waals surface area contributed by atoms with Crippen molar-refractivity contribution in [3.8, 4) is 5.75 Å². The first-order valence-corrected chi connectivity index (χ1v) is 12.9. The number of H-pyrrole nitrogens is 1. The molecule has 2 unspecified atom stereocenters. The summed E-state index contributed by atoms with van der Waals surface area (Å²) in [6.45, 7) is 11.3. The molecule has 2 aliphatic heterocycles. The second kappa shape index (κ2) is 11.8. The third kappa shape index (κ3) is 5.82. The molecule has 2 atom stereocenters. The van der Waals surface area contributed by atoms with E-state index in [9.17, 15) is 14.4 Å².